The van der Waals surface area contributed by atoms with E-state index in [1.807, 2.05) is 43.6 Å². The summed E-state index contributed by atoms with van der Waals surface area (Å²) in [7, 11) is 1.81. The van der Waals surface area contributed by atoms with Crippen LogP contribution in [-0.4, -0.2) is 21.6 Å². The maximum Gasteiger partial charge on any atom is 0.240 e. The maximum absolute atomic E-state index is 11.3. The SMILES string of the molecule is Cn1cc(-c2ccccc2)c(NC(=O)CCl)n1. The number of nitrogens with one attached hydrogen (secondary N) is 1. The van der Waals surface area contributed by atoms with Gasteiger partial charge < -0.3 is 5.32 Å². The largest absolute Gasteiger partial charge is 0.308 e. The molecule has 0 saturated heterocycles. The van der Waals surface area contributed by atoms with E-state index in [-0.39, 0.29) is 11.8 Å². The molecule has 1 amide bonds. The Labute approximate surface area is 104 Å². The third kappa shape index (κ3) is 2.65. The van der Waals surface area contributed by atoms with Gasteiger partial charge in [0.1, 0.15) is 5.88 Å². The van der Waals surface area contributed by atoms with Crippen LogP contribution in [0.25, 0.3) is 11.1 Å². The second kappa shape index (κ2) is 5.01. The predicted octanol–water partition coefficient (Wildman–Crippen LogP) is 2.26. The van der Waals surface area contributed by atoms with Crippen molar-refractivity contribution in [2.45, 2.75) is 0 Å². The molecule has 0 radical (unpaired) electrons. The number of halogens is 1. The molecule has 0 aliphatic carbocycles. The molecule has 0 unspecified atom stereocenters. The lowest BCUT2D eigenvalue weighted by atomic mass is 10.1. The van der Waals surface area contributed by atoms with E-state index in [9.17, 15) is 4.79 Å². The zero-order chi connectivity index (χ0) is 12.3. The van der Waals surface area contributed by atoms with Gasteiger partial charge in [-0.15, -0.1) is 11.6 Å². The van der Waals surface area contributed by atoms with Gasteiger partial charge in [0.2, 0.25) is 5.91 Å². The second-order valence-electron chi connectivity index (χ2n) is 3.61. The lowest BCUT2D eigenvalue weighted by molar-refractivity contribution is -0.113. The first-order valence-electron chi connectivity index (χ1n) is 5.15. The summed E-state index contributed by atoms with van der Waals surface area (Å²) in [6, 6.07) is 9.75. The van der Waals surface area contributed by atoms with Gasteiger partial charge in [-0.05, 0) is 5.56 Å². The number of carbonyl (C=O) groups is 1. The van der Waals surface area contributed by atoms with Crippen molar-refractivity contribution < 1.29 is 4.79 Å². The number of alkyl halides is 1. The highest BCUT2D eigenvalue weighted by Gasteiger charge is 2.11. The average molecular weight is 250 g/mol. The number of aromatic nitrogens is 2. The Balaban J connectivity index is 2.37. The van der Waals surface area contributed by atoms with Gasteiger partial charge in [-0.1, -0.05) is 30.3 Å². The minimum atomic E-state index is -0.262. The first-order valence-corrected chi connectivity index (χ1v) is 5.69. The molecule has 0 fully saturated rings. The van der Waals surface area contributed by atoms with Crippen LogP contribution in [0, 0.1) is 0 Å². The van der Waals surface area contributed by atoms with Crippen LogP contribution in [-0.2, 0) is 11.8 Å². The summed E-state index contributed by atoms with van der Waals surface area (Å²) in [4.78, 5) is 11.3. The summed E-state index contributed by atoms with van der Waals surface area (Å²) in [6.07, 6.45) is 1.86. The number of rotatable bonds is 3. The van der Waals surface area contributed by atoms with Crippen LogP contribution in [0.5, 0.6) is 0 Å². The number of carbonyl (C=O) groups excluding carboxylic acids is 1. The van der Waals surface area contributed by atoms with Crippen molar-refractivity contribution >= 4 is 23.3 Å². The molecule has 1 aromatic carbocycles. The Morgan fingerprint density at radius 3 is 2.76 bits per heavy atom. The number of hydrogen-bond acceptors (Lipinski definition) is 2. The minimum Gasteiger partial charge on any atom is -0.308 e. The van der Waals surface area contributed by atoms with Crippen LogP contribution in [0.15, 0.2) is 36.5 Å². The monoisotopic (exact) mass is 249 g/mol. The van der Waals surface area contributed by atoms with Gasteiger partial charge in [0.25, 0.3) is 0 Å². The standard InChI is InChI=1S/C12H12ClN3O/c1-16-8-10(9-5-3-2-4-6-9)12(15-16)14-11(17)7-13/h2-6,8H,7H2,1H3,(H,14,15,17). The van der Waals surface area contributed by atoms with Gasteiger partial charge >= 0.3 is 0 Å². The fourth-order valence-electron chi connectivity index (χ4n) is 1.58. The van der Waals surface area contributed by atoms with Gasteiger partial charge in [-0.2, -0.15) is 5.10 Å². The summed E-state index contributed by atoms with van der Waals surface area (Å²) < 4.78 is 1.66. The average Bonchev–Trinajstić information content (AvgIpc) is 2.71. The van der Waals surface area contributed by atoms with Gasteiger partial charge in [0.05, 0.1) is 0 Å². The maximum atomic E-state index is 11.3. The number of hydrogen-bond donors (Lipinski definition) is 1. The van der Waals surface area contributed by atoms with Gasteiger partial charge in [-0.3, -0.25) is 9.48 Å². The Morgan fingerprint density at radius 2 is 2.12 bits per heavy atom. The van der Waals surface area contributed by atoms with Crippen molar-refractivity contribution in [3.63, 3.8) is 0 Å². The van der Waals surface area contributed by atoms with Crippen LogP contribution >= 0.6 is 11.6 Å². The van der Waals surface area contributed by atoms with Crippen LogP contribution in [0.2, 0.25) is 0 Å². The molecule has 2 rings (SSSR count). The molecular weight excluding hydrogens is 238 g/mol. The molecule has 1 heterocycles. The highest BCUT2D eigenvalue weighted by atomic mass is 35.5. The summed E-state index contributed by atoms with van der Waals surface area (Å²) in [5.74, 6) is 0.192. The van der Waals surface area contributed by atoms with E-state index >= 15 is 0 Å². The first kappa shape index (κ1) is 11.7. The Kier molecular flexibility index (Phi) is 3.44. The molecule has 1 aromatic heterocycles. The van der Waals surface area contributed by atoms with Crippen LogP contribution in [0.4, 0.5) is 5.82 Å². The smallest absolute Gasteiger partial charge is 0.240 e. The van der Waals surface area contributed by atoms with Gasteiger partial charge in [-0.25, -0.2) is 0 Å². The number of amides is 1. The van der Waals surface area contributed by atoms with Crippen molar-refractivity contribution in [1.29, 1.82) is 0 Å². The molecule has 88 valence electrons. The highest BCUT2D eigenvalue weighted by molar-refractivity contribution is 6.29. The van der Waals surface area contributed by atoms with E-state index in [2.05, 4.69) is 10.4 Å². The van der Waals surface area contributed by atoms with Gasteiger partial charge in [0.15, 0.2) is 5.82 Å². The van der Waals surface area contributed by atoms with Crippen molar-refractivity contribution in [1.82, 2.24) is 9.78 Å². The molecule has 0 aliphatic heterocycles. The van der Waals surface area contributed by atoms with Crippen LogP contribution < -0.4 is 5.32 Å². The zero-order valence-corrected chi connectivity index (χ0v) is 10.1. The number of nitrogens with zero attached hydrogens (tertiary/aromatic N) is 2. The lowest BCUT2D eigenvalue weighted by Crippen LogP contribution is -2.13. The van der Waals surface area contributed by atoms with E-state index in [0.29, 0.717) is 5.82 Å². The Bertz CT molecular complexity index is 522. The molecule has 0 aliphatic rings. The first-order chi connectivity index (χ1) is 8.20. The highest BCUT2D eigenvalue weighted by Crippen LogP contribution is 2.26. The third-order valence-electron chi connectivity index (χ3n) is 2.29. The van der Waals surface area contributed by atoms with Crippen LogP contribution in [0.1, 0.15) is 0 Å². The molecule has 0 saturated carbocycles. The van der Waals surface area contributed by atoms with Crippen LogP contribution in [0.3, 0.4) is 0 Å². The van der Waals surface area contributed by atoms with Crippen molar-refractivity contribution in [3.05, 3.63) is 36.5 Å². The number of aryl methyl sites for hydroxylation is 1. The molecule has 0 bridgehead atoms. The van der Waals surface area contributed by atoms with Gasteiger partial charge in [0, 0.05) is 18.8 Å². The lowest BCUT2D eigenvalue weighted by Gasteiger charge is -2.02. The zero-order valence-electron chi connectivity index (χ0n) is 9.35. The number of benzene rings is 1. The molecular formula is C12H12ClN3O. The molecule has 4 nitrogen and oxygen atoms in total. The van der Waals surface area contributed by atoms with E-state index in [1.54, 1.807) is 4.68 Å². The summed E-state index contributed by atoms with van der Waals surface area (Å²) in [6.45, 7) is 0. The predicted molar refractivity (Wildman–Crippen MR) is 68.0 cm³/mol. The van der Waals surface area contributed by atoms with Crippen molar-refractivity contribution in [2.75, 3.05) is 11.2 Å². The van der Waals surface area contributed by atoms with E-state index in [1.165, 1.54) is 0 Å². The topological polar surface area (TPSA) is 46.9 Å². The molecule has 0 spiro atoms. The normalized spacial score (nSPS) is 10.2. The molecule has 0 atom stereocenters. The Hall–Kier alpha value is -1.81. The Morgan fingerprint density at radius 1 is 1.41 bits per heavy atom. The second-order valence-corrected chi connectivity index (χ2v) is 3.88. The molecule has 2 aromatic rings. The number of anilines is 1. The summed E-state index contributed by atoms with van der Waals surface area (Å²) in [5, 5.41) is 6.88. The van der Waals surface area contributed by atoms with E-state index in [4.69, 9.17) is 11.6 Å². The van der Waals surface area contributed by atoms with Crippen molar-refractivity contribution in [3.8, 4) is 11.1 Å². The van der Waals surface area contributed by atoms with E-state index in [0.717, 1.165) is 11.1 Å². The third-order valence-corrected chi connectivity index (χ3v) is 2.54. The minimum absolute atomic E-state index is 0.0786. The fourth-order valence-corrected chi connectivity index (χ4v) is 1.64. The molecule has 5 heteroatoms. The summed E-state index contributed by atoms with van der Waals surface area (Å²) in [5.41, 5.74) is 1.89. The van der Waals surface area contributed by atoms with Crippen molar-refractivity contribution in [2.24, 2.45) is 7.05 Å². The fraction of sp³-hybridized carbons (Fsp3) is 0.167. The summed E-state index contributed by atoms with van der Waals surface area (Å²) >= 11 is 5.46. The van der Waals surface area contributed by atoms with E-state index < -0.39 is 0 Å². The molecule has 1 N–H and O–H groups in total. The molecule has 17 heavy (non-hydrogen) atoms. The quantitative estimate of drug-likeness (QED) is 0.849.